The van der Waals surface area contributed by atoms with Gasteiger partial charge in [0.05, 0.1) is 17.6 Å². The van der Waals surface area contributed by atoms with Crippen LogP contribution in [0.15, 0.2) is 28.9 Å². The number of anilines is 2. The molecule has 1 heterocycles. The Morgan fingerprint density at radius 1 is 1.53 bits per heavy atom. The molecular weight excluding hydrogens is 284 g/mol. The number of hydrogen-bond acceptors (Lipinski definition) is 3. The molecule has 0 saturated heterocycles. The maximum Gasteiger partial charge on any atom is 0.275 e. The minimum Gasteiger partial charge on any atom is -0.396 e. The topological polar surface area (TPSA) is 83.8 Å². The van der Waals surface area contributed by atoms with Crippen LogP contribution in [0.2, 0.25) is 0 Å². The number of rotatable bonds is 2. The normalized spacial score (nSPS) is 10.2. The van der Waals surface area contributed by atoms with E-state index in [4.69, 9.17) is 5.73 Å². The number of aromatic nitrogens is 2. The summed E-state index contributed by atoms with van der Waals surface area (Å²) in [5, 5.41) is 9.02. The zero-order valence-corrected chi connectivity index (χ0v) is 10.7. The van der Waals surface area contributed by atoms with Crippen molar-refractivity contribution in [3.05, 3.63) is 40.1 Å². The van der Waals surface area contributed by atoms with Crippen LogP contribution in [0.25, 0.3) is 0 Å². The summed E-state index contributed by atoms with van der Waals surface area (Å²) in [4.78, 5) is 11.9. The molecule has 1 amide bonds. The van der Waals surface area contributed by atoms with Gasteiger partial charge in [-0.2, -0.15) is 5.10 Å². The molecular formula is C11H11BrN4O. The number of nitrogens with two attached hydrogens (primary N) is 1. The van der Waals surface area contributed by atoms with Crippen molar-refractivity contribution in [2.45, 2.75) is 6.92 Å². The number of carbonyl (C=O) groups excluding carboxylic acids is 1. The third-order valence-electron chi connectivity index (χ3n) is 2.34. The first-order valence-corrected chi connectivity index (χ1v) is 5.74. The molecule has 5 nitrogen and oxygen atoms in total. The lowest BCUT2D eigenvalue weighted by molar-refractivity contribution is 0.102. The number of H-pyrrole nitrogens is 1. The number of halogens is 1. The van der Waals surface area contributed by atoms with Crippen LogP contribution in [0.4, 0.5) is 11.4 Å². The first kappa shape index (κ1) is 11.7. The lowest BCUT2D eigenvalue weighted by Gasteiger charge is -2.08. The molecule has 0 bridgehead atoms. The fourth-order valence-corrected chi connectivity index (χ4v) is 1.77. The fraction of sp³-hybridized carbons (Fsp3) is 0.0909. The van der Waals surface area contributed by atoms with Crippen molar-refractivity contribution < 1.29 is 4.79 Å². The molecule has 0 fully saturated rings. The maximum absolute atomic E-state index is 11.9. The van der Waals surface area contributed by atoms with Crippen molar-refractivity contribution >= 4 is 33.2 Å². The number of aryl methyl sites for hydroxylation is 1. The molecule has 0 aliphatic heterocycles. The first-order chi connectivity index (χ1) is 8.09. The number of hydrogen-bond donors (Lipinski definition) is 3. The number of nitrogens with zero attached hydrogens (tertiary/aromatic N) is 1. The van der Waals surface area contributed by atoms with E-state index < -0.39 is 0 Å². The summed E-state index contributed by atoms with van der Waals surface area (Å²) in [7, 11) is 0. The van der Waals surface area contributed by atoms with Gasteiger partial charge in [-0.3, -0.25) is 9.89 Å². The molecule has 0 unspecified atom stereocenters. The van der Waals surface area contributed by atoms with E-state index in [1.807, 2.05) is 25.1 Å². The van der Waals surface area contributed by atoms with E-state index in [0.717, 1.165) is 10.0 Å². The third-order valence-corrected chi connectivity index (χ3v) is 3.39. The molecule has 2 rings (SSSR count). The summed E-state index contributed by atoms with van der Waals surface area (Å²) in [6.45, 7) is 1.95. The SMILES string of the molecule is Cc1cccc(NC(=O)c2[nH]ncc2N)c1Br. The van der Waals surface area contributed by atoms with Crippen LogP contribution >= 0.6 is 15.9 Å². The molecule has 0 aliphatic rings. The number of carbonyl (C=O) groups is 1. The lowest BCUT2D eigenvalue weighted by atomic mass is 10.2. The minimum atomic E-state index is -0.314. The Morgan fingerprint density at radius 3 is 2.94 bits per heavy atom. The first-order valence-electron chi connectivity index (χ1n) is 4.95. The molecule has 0 aliphatic carbocycles. The van der Waals surface area contributed by atoms with E-state index in [0.29, 0.717) is 11.4 Å². The van der Waals surface area contributed by atoms with Crippen LogP contribution in [-0.4, -0.2) is 16.1 Å². The van der Waals surface area contributed by atoms with Crippen LogP contribution in [0, 0.1) is 6.92 Å². The Morgan fingerprint density at radius 2 is 2.29 bits per heavy atom. The number of amides is 1. The predicted octanol–water partition coefficient (Wildman–Crippen LogP) is 2.32. The summed E-state index contributed by atoms with van der Waals surface area (Å²) in [5.41, 5.74) is 7.92. The zero-order valence-electron chi connectivity index (χ0n) is 9.12. The minimum absolute atomic E-state index is 0.262. The van der Waals surface area contributed by atoms with E-state index in [9.17, 15) is 4.79 Å². The van der Waals surface area contributed by atoms with Crippen molar-refractivity contribution in [1.29, 1.82) is 0 Å². The molecule has 1 aromatic heterocycles. The van der Waals surface area contributed by atoms with E-state index in [2.05, 4.69) is 31.4 Å². The van der Waals surface area contributed by atoms with Gasteiger partial charge >= 0.3 is 0 Å². The van der Waals surface area contributed by atoms with Crippen LogP contribution in [-0.2, 0) is 0 Å². The summed E-state index contributed by atoms with van der Waals surface area (Å²) < 4.78 is 0.853. The highest BCUT2D eigenvalue weighted by molar-refractivity contribution is 9.10. The van der Waals surface area contributed by atoms with E-state index in [1.54, 1.807) is 0 Å². The van der Waals surface area contributed by atoms with Gasteiger partial charge in [-0.25, -0.2) is 0 Å². The quantitative estimate of drug-likeness (QED) is 0.795. The smallest absolute Gasteiger partial charge is 0.275 e. The Hall–Kier alpha value is -1.82. The molecule has 17 heavy (non-hydrogen) atoms. The summed E-state index contributed by atoms with van der Waals surface area (Å²) in [6.07, 6.45) is 1.40. The average Bonchev–Trinajstić information content (AvgIpc) is 2.71. The van der Waals surface area contributed by atoms with Gasteiger partial charge in [-0.1, -0.05) is 12.1 Å². The van der Waals surface area contributed by atoms with Gasteiger partial charge in [-0.05, 0) is 34.5 Å². The van der Waals surface area contributed by atoms with Gasteiger partial charge in [0, 0.05) is 4.47 Å². The van der Waals surface area contributed by atoms with E-state index in [-0.39, 0.29) is 11.6 Å². The molecule has 6 heteroatoms. The van der Waals surface area contributed by atoms with Crippen molar-refractivity contribution in [3.8, 4) is 0 Å². The van der Waals surface area contributed by atoms with Gasteiger partial charge in [-0.15, -0.1) is 0 Å². The molecule has 0 saturated carbocycles. The molecule has 0 atom stereocenters. The van der Waals surface area contributed by atoms with Crippen LogP contribution < -0.4 is 11.1 Å². The number of aromatic amines is 1. The third kappa shape index (κ3) is 2.31. The summed E-state index contributed by atoms with van der Waals surface area (Å²) in [6, 6.07) is 5.62. The monoisotopic (exact) mass is 294 g/mol. The molecule has 88 valence electrons. The molecule has 0 radical (unpaired) electrons. The van der Waals surface area contributed by atoms with Gasteiger partial charge < -0.3 is 11.1 Å². The van der Waals surface area contributed by atoms with Gasteiger partial charge in [0.2, 0.25) is 0 Å². The van der Waals surface area contributed by atoms with Crippen LogP contribution in [0.1, 0.15) is 16.1 Å². The Bertz CT molecular complexity index is 564. The number of benzene rings is 1. The maximum atomic E-state index is 11.9. The van der Waals surface area contributed by atoms with Crippen molar-refractivity contribution in [3.63, 3.8) is 0 Å². The molecule has 4 N–H and O–H groups in total. The standard InChI is InChI=1S/C11H11BrN4O/c1-6-3-2-4-8(9(6)12)15-11(17)10-7(13)5-14-16-10/h2-5H,13H2,1H3,(H,14,16)(H,15,17). The van der Waals surface area contributed by atoms with Gasteiger partial charge in [0.25, 0.3) is 5.91 Å². The highest BCUT2D eigenvalue weighted by Gasteiger charge is 2.13. The second-order valence-corrected chi connectivity index (χ2v) is 4.38. The van der Waals surface area contributed by atoms with Crippen LogP contribution in [0.5, 0.6) is 0 Å². The molecule has 2 aromatic rings. The highest BCUT2D eigenvalue weighted by atomic mass is 79.9. The van der Waals surface area contributed by atoms with Crippen molar-refractivity contribution in [2.24, 2.45) is 0 Å². The van der Waals surface area contributed by atoms with E-state index >= 15 is 0 Å². The Kier molecular flexibility index (Phi) is 3.14. The zero-order chi connectivity index (χ0) is 12.4. The van der Waals surface area contributed by atoms with E-state index in [1.165, 1.54) is 6.20 Å². The Balaban J connectivity index is 2.25. The Labute approximate surface area is 107 Å². The van der Waals surface area contributed by atoms with Crippen molar-refractivity contribution in [1.82, 2.24) is 10.2 Å². The largest absolute Gasteiger partial charge is 0.396 e. The lowest BCUT2D eigenvalue weighted by Crippen LogP contribution is -2.14. The summed E-state index contributed by atoms with van der Waals surface area (Å²) in [5.74, 6) is -0.314. The fourth-order valence-electron chi connectivity index (χ4n) is 1.41. The molecule has 0 spiro atoms. The van der Waals surface area contributed by atoms with Gasteiger partial charge in [0.15, 0.2) is 0 Å². The van der Waals surface area contributed by atoms with Gasteiger partial charge in [0.1, 0.15) is 5.69 Å². The average molecular weight is 295 g/mol. The predicted molar refractivity (Wildman–Crippen MR) is 69.8 cm³/mol. The second-order valence-electron chi connectivity index (χ2n) is 3.59. The number of nitrogens with one attached hydrogen (secondary N) is 2. The van der Waals surface area contributed by atoms with Crippen LogP contribution in [0.3, 0.4) is 0 Å². The molecule has 1 aromatic carbocycles. The number of nitrogen functional groups attached to an aromatic ring is 1. The highest BCUT2D eigenvalue weighted by Crippen LogP contribution is 2.26. The summed E-state index contributed by atoms with van der Waals surface area (Å²) >= 11 is 3.42. The van der Waals surface area contributed by atoms with Crippen molar-refractivity contribution in [2.75, 3.05) is 11.1 Å². The second kappa shape index (κ2) is 4.58.